The van der Waals surface area contributed by atoms with Gasteiger partial charge in [-0.05, 0) is 38.0 Å². The molecule has 5 nitrogen and oxygen atoms in total. The highest BCUT2D eigenvalue weighted by atomic mass is 35.5. The number of anilines is 1. The van der Waals surface area contributed by atoms with E-state index in [1.807, 2.05) is 20.8 Å². The fourth-order valence-corrected chi connectivity index (χ4v) is 2.91. The van der Waals surface area contributed by atoms with Crippen LogP contribution in [0.25, 0.3) is 0 Å². The molecule has 0 saturated carbocycles. The molecule has 0 radical (unpaired) electrons. The van der Waals surface area contributed by atoms with Crippen LogP contribution in [0.5, 0.6) is 0 Å². The van der Waals surface area contributed by atoms with E-state index in [0.29, 0.717) is 5.69 Å². The average Bonchev–Trinajstić information content (AvgIpc) is 2.65. The smallest absolute Gasteiger partial charge is 0.337 e. The van der Waals surface area contributed by atoms with Gasteiger partial charge in [0.25, 0.3) is 0 Å². The molecule has 0 aromatic heterocycles. The van der Waals surface area contributed by atoms with Crippen LogP contribution < -0.4 is 5.32 Å². The van der Waals surface area contributed by atoms with Gasteiger partial charge in [-0.15, -0.1) is 0 Å². The maximum absolute atomic E-state index is 12.4. The first-order chi connectivity index (χ1) is 9.81. The summed E-state index contributed by atoms with van der Waals surface area (Å²) in [5.74, 6) is -1.45. The monoisotopic (exact) mass is 311 g/mol. The molecule has 21 heavy (non-hydrogen) atoms. The number of carboxylic acid groups (broad SMARTS) is 1. The van der Waals surface area contributed by atoms with E-state index in [9.17, 15) is 9.59 Å². The van der Waals surface area contributed by atoms with E-state index in [4.69, 9.17) is 21.4 Å². The van der Waals surface area contributed by atoms with Crippen molar-refractivity contribution in [2.75, 3.05) is 5.32 Å². The minimum atomic E-state index is -1.13. The van der Waals surface area contributed by atoms with E-state index in [2.05, 4.69) is 5.32 Å². The van der Waals surface area contributed by atoms with Crippen molar-refractivity contribution in [1.82, 2.24) is 0 Å². The Balaban J connectivity index is 2.17. The lowest BCUT2D eigenvalue weighted by Gasteiger charge is -2.18. The lowest BCUT2D eigenvalue weighted by atomic mass is 9.89. The number of rotatable bonds is 3. The van der Waals surface area contributed by atoms with Gasteiger partial charge in [0.15, 0.2) is 0 Å². The van der Waals surface area contributed by atoms with E-state index in [-0.39, 0.29) is 40.5 Å². The maximum atomic E-state index is 12.4. The van der Waals surface area contributed by atoms with Gasteiger partial charge in [0.2, 0.25) is 5.91 Å². The standard InChI is InChI=1S/C15H18ClNO4/c1-7-8(2)21-9(3)13(7)14(18)17-10-4-5-12(16)11(6-10)15(19)20/h4-9,13H,1-3H3,(H,17,18)(H,19,20). The summed E-state index contributed by atoms with van der Waals surface area (Å²) in [4.78, 5) is 23.4. The molecule has 1 aromatic carbocycles. The van der Waals surface area contributed by atoms with Crippen LogP contribution in [0.1, 0.15) is 31.1 Å². The lowest BCUT2D eigenvalue weighted by Crippen LogP contribution is -2.32. The zero-order chi connectivity index (χ0) is 15.7. The maximum Gasteiger partial charge on any atom is 0.337 e. The Labute approximate surface area is 128 Å². The first kappa shape index (κ1) is 15.8. The molecule has 1 aromatic rings. The fourth-order valence-electron chi connectivity index (χ4n) is 2.71. The van der Waals surface area contributed by atoms with Crippen LogP contribution in [-0.2, 0) is 9.53 Å². The third-order valence-electron chi connectivity index (χ3n) is 4.01. The summed E-state index contributed by atoms with van der Waals surface area (Å²) < 4.78 is 5.65. The number of carboxylic acids is 1. The van der Waals surface area contributed by atoms with Crippen LogP contribution in [-0.4, -0.2) is 29.2 Å². The van der Waals surface area contributed by atoms with Gasteiger partial charge in [-0.25, -0.2) is 4.79 Å². The number of nitrogens with one attached hydrogen (secondary N) is 1. The van der Waals surface area contributed by atoms with E-state index in [1.165, 1.54) is 12.1 Å². The molecule has 1 fully saturated rings. The topological polar surface area (TPSA) is 75.6 Å². The molecular weight excluding hydrogens is 294 g/mol. The molecule has 0 aliphatic carbocycles. The molecule has 1 saturated heterocycles. The highest BCUT2D eigenvalue weighted by Gasteiger charge is 2.41. The minimum Gasteiger partial charge on any atom is -0.478 e. The van der Waals surface area contributed by atoms with Crippen LogP contribution in [0.15, 0.2) is 18.2 Å². The Hall–Kier alpha value is -1.59. The lowest BCUT2D eigenvalue weighted by molar-refractivity contribution is -0.121. The Bertz CT molecular complexity index is 575. The Morgan fingerprint density at radius 3 is 2.43 bits per heavy atom. The molecule has 1 amide bonds. The number of amides is 1. The van der Waals surface area contributed by atoms with Crippen molar-refractivity contribution < 1.29 is 19.4 Å². The predicted octanol–water partition coefficient (Wildman–Crippen LogP) is 3.04. The van der Waals surface area contributed by atoms with Gasteiger partial charge in [-0.2, -0.15) is 0 Å². The molecular formula is C15H18ClNO4. The summed E-state index contributed by atoms with van der Waals surface area (Å²) in [5.41, 5.74) is 0.382. The number of hydrogen-bond donors (Lipinski definition) is 2. The van der Waals surface area contributed by atoms with E-state index in [0.717, 1.165) is 0 Å². The van der Waals surface area contributed by atoms with Crippen molar-refractivity contribution in [2.45, 2.75) is 33.0 Å². The number of halogens is 1. The molecule has 0 spiro atoms. The van der Waals surface area contributed by atoms with Crippen molar-refractivity contribution in [1.29, 1.82) is 0 Å². The molecule has 1 aliphatic heterocycles. The molecule has 4 unspecified atom stereocenters. The predicted molar refractivity (Wildman–Crippen MR) is 79.7 cm³/mol. The van der Waals surface area contributed by atoms with Crippen LogP contribution in [0.2, 0.25) is 5.02 Å². The summed E-state index contributed by atoms with van der Waals surface area (Å²) in [6.45, 7) is 5.79. The van der Waals surface area contributed by atoms with Gasteiger partial charge in [-0.3, -0.25) is 4.79 Å². The summed E-state index contributed by atoms with van der Waals surface area (Å²) in [5, 5.41) is 11.9. The summed E-state index contributed by atoms with van der Waals surface area (Å²) in [6.07, 6.45) is -0.142. The Kier molecular flexibility index (Phi) is 4.54. The van der Waals surface area contributed by atoms with Gasteiger partial charge in [0, 0.05) is 5.69 Å². The third-order valence-corrected chi connectivity index (χ3v) is 4.34. The largest absolute Gasteiger partial charge is 0.478 e. The number of ether oxygens (including phenoxy) is 1. The average molecular weight is 312 g/mol. The normalized spacial score (nSPS) is 28.4. The van der Waals surface area contributed by atoms with Crippen LogP contribution >= 0.6 is 11.6 Å². The first-order valence-corrected chi connectivity index (χ1v) is 7.18. The Morgan fingerprint density at radius 2 is 1.90 bits per heavy atom. The Morgan fingerprint density at radius 1 is 1.24 bits per heavy atom. The van der Waals surface area contributed by atoms with Crippen molar-refractivity contribution in [3.05, 3.63) is 28.8 Å². The molecule has 114 valence electrons. The molecule has 1 heterocycles. The van der Waals surface area contributed by atoms with Crippen LogP contribution in [0.3, 0.4) is 0 Å². The number of aromatic carboxylic acids is 1. The zero-order valence-electron chi connectivity index (χ0n) is 12.1. The van der Waals surface area contributed by atoms with E-state index >= 15 is 0 Å². The van der Waals surface area contributed by atoms with Gasteiger partial charge < -0.3 is 15.2 Å². The second-order valence-electron chi connectivity index (χ2n) is 5.42. The number of benzene rings is 1. The molecule has 0 bridgehead atoms. The molecule has 2 rings (SSSR count). The number of carbonyl (C=O) groups is 2. The third kappa shape index (κ3) is 3.19. The quantitative estimate of drug-likeness (QED) is 0.899. The van der Waals surface area contributed by atoms with Gasteiger partial charge >= 0.3 is 5.97 Å². The van der Waals surface area contributed by atoms with E-state index < -0.39 is 5.97 Å². The second-order valence-corrected chi connectivity index (χ2v) is 5.83. The first-order valence-electron chi connectivity index (χ1n) is 6.80. The summed E-state index contributed by atoms with van der Waals surface area (Å²) in [7, 11) is 0. The van der Waals surface area contributed by atoms with E-state index in [1.54, 1.807) is 6.07 Å². The van der Waals surface area contributed by atoms with Gasteiger partial charge in [0.1, 0.15) is 0 Å². The molecule has 6 heteroatoms. The fraction of sp³-hybridized carbons (Fsp3) is 0.467. The van der Waals surface area contributed by atoms with Gasteiger partial charge in [-0.1, -0.05) is 18.5 Å². The minimum absolute atomic E-state index is 0.0237. The zero-order valence-corrected chi connectivity index (χ0v) is 12.8. The van der Waals surface area contributed by atoms with Crippen molar-refractivity contribution in [3.63, 3.8) is 0 Å². The summed E-state index contributed by atoms with van der Waals surface area (Å²) >= 11 is 5.81. The number of carbonyl (C=O) groups excluding carboxylic acids is 1. The van der Waals surface area contributed by atoms with Crippen molar-refractivity contribution in [3.8, 4) is 0 Å². The number of hydrogen-bond acceptors (Lipinski definition) is 3. The molecule has 1 aliphatic rings. The SMILES string of the molecule is CC1OC(C)C(C(=O)Nc2ccc(Cl)c(C(=O)O)c2)C1C. The highest BCUT2D eigenvalue weighted by Crippen LogP contribution is 2.33. The van der Waals surface area contributed by atoms with Gasteiger partial charge in [0.05, 0.1) is 28.7 Å². The highest BCUT2D eigenvalue weighted by molar-refractivity contribution is 6.33. The molecule has 2 N–H and O–H groups in total. The van der Waals surface area contributed by atoms with Crippen molar-refractivity contribution >= 4 is 29.2 Å². The second kappa shape index (κ2) is 6.03. The molecule has 4 atom stereocenters. The van der Waals surface area contributed by atoms with Crippen molar-refractivity contribution in [2.24, 2.45) is 11.8 Å². The van der Waals surface area contributed by atoms with Crippen LogP contribution in [0, 0.1) is 11.8 Å². The van der Waals surface area contributed by atoms with Crippen LogP contribution in [0.4, 0.5) is 5.69 Å². The summed E-state index contributed by atoms with van der Waals surface area (Å²) in [6, 6.07) is 4.40.